The Bertz CT molecular complexity index is 1100. The van der Waals surface area contributed by atoms with E-state index in [0.717, 1.165) is 62.1 Å². The number of benzene rings is 2. The molecule has 0 heterocycles. The summed E-state index contributed by atoms with van der Waals surface area (Å²) in [5.74, 6) is -2.90. The van der Waals surface area contributed by atoms with Crippen molar-refractivity contribution in [3.8, 4) is 0 Å². The van der Waals surface area contributed by atoms with Crippen LogP contribution < -0.4 is 9.80 Å². The van der Waals surface area contributed by atoms with E-state index < -0.39 is 54.0 Å². The Morgan fingerprint density at radius 3 is 1.26 bits per heavy atom. The van der Waals surface area contributed by atoms with Gasteiger partial charge in [-0.25, -0.2) is 0 Å². The lowest BCUT2D eigenvalue weighted by Crippen LogP contribution is -2.79. The van der Waals surface area contributed by atoms with Crippen LogP contribution in [0.15, 0.2) is 48.5 Å². The number of hydrogen-bond acceptors (Lipinski definition) is 2. The molecule has 0 aliphatic carbocycles. The molecule has 2 rings (SSSR count). The van der Waals surface area contributed by atoms with E-state index >= 15 is 26.3 Å². The third kappa shape index (κ3) is 9.27. The molecule has 0 aromatic heterocycles. The van der Waals surface area contributed by atoms with Crippen LogP contribution in [0.5, 0.6) is 0 Å². The Balaban J connectivity index is 2.88. The van der Waals surface area contributed by atoms with Gasteiger partial charge in [0.25, 0.3) is 0 Å². The van der Waals surface area contributed by atoms with Crippen molar-refractivity contribution in [3.05, 3.63) is 58.6 Å². The summed E-state index contributed by atoms with van der Waals surface area (Å²) in [6.45, 7) is 3.89. The van der Waals surface area contributed by atoms with Gasteiger partial charge in [-0.1, -0.05) is 101 Å². The number of hydrogen-bond donors (Lipinski definition) is 0. The Morgan fingerprint density at radius 2 is 0.953 bits per heavy atom. The van der Waals surface area contributed by atoms with E-state index in [-0.39, 0.29) is 32.7 Å². The highest BCUT2D eigenvalue weighted by molar-refractivity contribution is 6.31. The summed E-state index contributed by atoms with van der Waals surface area (Å²) < 4.78 is 92.8. The molecule has 2 amide bonds. The molecule has 12 heteroatoms. The van der Waals surface area contributed by atoms with E-state index in [1.54, 1.807) is 0 Å². The van der Waals surface area contributed by atoms with Gasteiger partial charge in [0, 0.05) is 34.3 Å². The fraction of sp³-hybridized carbons (Fsp3) is 0.548. The van der Waals surface area contributed by atoms with Crippen LogP contribution in [0.2, 0.25) is 10.0 Å². The Hall–Kier alpha value is -2.46. The summed E-state index contributed by atoms with van der Waals surface area (Å²) in [6.07, 6.45) is -8.04. The van der Waals surface area contributed by atoms with Gasteiger partial charge in [-0.3, -0.25) is 19.4 Å². The maximum atomic E-state index is 15.5. The van der Waals surface area contributed by atoms with Gasteiger partial charge in [0.05, 0.1) is 0 Å². The maximum Gasteiger partial charge on any atom is 0.441 e. The number of alkyl halides is 6. The smallest absolute Gasteiger partial charge is 0.274 e. The van der Waals surface area contributed by atoms with Crippen molar-refractivity contribution < 1.29 is 35.9 Å². The van der Waals surface area contributed by atoms with Crippen LogP contribution in [0.3, 0.4) is 0 Å². The molecule has 0 aliphatic rings. The third-order valence-electron chi connectivity index (χ3n) is 7.06. The van der Waals surface area contributed by atoms with Crippen molar-refractivity contribution >= 4 is 46.4 Å². The fourth-order valence-corrected chi connectivity index (χ4v) is 5.37. The second-order valence-corrected chi connectivity index (χ2v) is 11.3. The molecular formula is C31H38Cl2F6N2O2. The predicted molar refractivity (Wildman–Crippen MR) is 159 cm³/mol. The van der Waals surface area contributed by atoms with E-state index in [2.05, 4.69) is 0 Å². The van der Waals surface area contributed by atoms with Crippen LogP contribution in [0.4, 0.5) is 37.7 Å². The van der Waals surface area contributed by atoms with Crippen LogP contribution >= 0.6 is 23.2 Å². The molecule has 0 aliphatic heterocycles. The lowest BCUT2D eigenvalue weighted by atomic mass is 9.97. The molecule has 43 heavy (non-hydrogen) atoms. The summed E-state index contributed by atoms with van der Waals surface area (Å²) in [4.78, 5) is 26.7. The first-order valence-electron chi connectivity index (χ1n) is 14.5. The summed E-state index contributed by atoms with van der Waals surface area (Å²) in [7, 11) is 0. The second kappa shape index (κ2) is 16.6. The number of carbonyl (C=O) groups excluding carboxylic acids is 2. The molecular weight excluding hydrogens is 617 g/mol. The zero-order chi connectivity index (χ0) is 32.3. The minimum Gasteiger partial charge on any atom is -0.274 e. The van der Waals surface area contributed by atoms with Crippen LogP contribution in [-0.4, -0.2) is 29.8 Å². The average molecular weight is 656 g/mol. The molecule has 2 aromatic rings. The number of anilines is 2. The topological polar surface area (TPSA) is 40.6 Å². The standard InChI is InChI=1S/C31H38Cl2F6N2O2/c1-3-5-7-9-11-19-27(42)40(25-17-13-15-23(32)21-25)29(30(34,35)36,31(37,38)39)41(26-18-14-16-24(33)22-26)28(43)20-12-10-8-6-4-2/h13-18,21-22H,3-12,19-20H2,1-2H3. The van der Waals surface area contributed by atoms with Crippen LogP contribution in [-0.2, 0) is 9.59 Å². The van der Waals surface area contributed by atoms with Crippen molar-refractivity contribution in [1.82, 2.24) is 0 Å². The lowest BCUT2D eigenvalue weighted by molar-refractivity contribution is -0.295. The highest BCUT2D eigenvalue weighted by atomic mass is 35.5. The van der Waals surface area contributed by atoms with Crippen LogP contribution in [0, 0.1) is 0 Å². The molecule has 0 spiro atoms. The van der Waals surface area contributed by atoms with Gasteiger partial charge in [-0.15, -0.1) is 0 Å². The maximum absolute atomic E-state index is 15.5. The minimum atomic E-state index is -6.22. The number of unbranched alkanes of at least 4 members (excludes halogenated alkanes) is 8. The molecule has 0 radical (unpaired) electrons. The van der Waals surface area contributed by atoms with Crippen molar-refractivity contribution in [1.29, 1.82) is 0 Å². The zero-order valence-corrected chi connectivity index (χ0v) is 25.9. The molecule has 240 valence electrons. The van der Waals surface area contributed by atoms with Crippen molar-refractivity contribution in [2.75, 3.05) is 9.80 Å². The average Bonchev–Trinajstić information content (AvgIpc) is 2.91. The first-order valence-corrected chi connectivity index (χ1v) is 15.3. The molecule has 2 aromatic carbocycles. The number of nitrogens with zero attached hydrogens (tertiary/aromatic N) is 2. The Labute approximate surface area is 259 Å². The van der Waals surface area contributed by atoms with Gasteiger partial charge < -0.3 is 0 Å². The van der Waals surface area contributed by atoms with E-state index in [1.807, 2.05) is 13.8 Å². The molecule has 0 atom stereocenters. The first-order chi connectivity index (χ1) is 20.2. The molecule has 0 N–H and O–H groups in total. The first kappa shape index (κ1) is 36.7. The van der Waals surface area contributed by atoms with Gasteiger partial charge in [0.2, 0.25) is 11.8 Å². The molecule has 0 bridgehead atoms. The number of amides is 2. The second-order valence-electron chi connectivity index (χ2n) is 10.4. The van der Waals surface area contributed by atoms with Gasteiger partial charge in [-0.2, -0.15) is 26.3 Å². The van der Waals surface area contributed by atoms with E-state index in [9.17, 15) is 9.59 Å². The highest BCUT2D eigenvalue weighted by Gasteiger charge is 2.80. The predicted octanol–water partition coefficient (Wildman–Crippen LogP) is 10.9. The van der Waals surface area contributed by atoms with Gasteiger partial charge in [0.15, 0.2) is 0 Å². The van der Waals surface area contributed by atoms with Crippen LogP contribution in [0.1, 0.15) is 90.9 Å². The van der Waals surface area contributed by atoms with Crippen molar-refractivity contribution in [2.45, 2.75) is 109 Å². The summed E-state index contributed by atoms with van der Waals surface area (Å²) in [5, 5.41) is -0.374. The summed E-state index contributed by atoms with van der Waals surface area (Å²) >= 11 is 12.1. The van der Waals surface area contributed by atoms with Gasteiger partial charge in [0.1, 0.15) is 0 Å². The van der Waals surface area contributed by atoms with Crippen LogP contribution in [0.25, 0.3) is 0 Å². The SMILES string of the molecule is CCCCCCCC(=O)N(c1cccc(Cl)c1)C(N(C(=O)CCCCCCC)c1cccc(Cl)c1)(C(F)(F)F)C(F)(F)F. The lowest BCUT2D eigenvalue weighted by Gasteiger charge is -2.51. The molecule has 0 unspecified atom stereocenters. The molecule has 4 nitrogen and oxygen atoms in total. The number of halogens is 8. The highest BCUT2D eigenvalue weighted by Crippen LogP contribution is 2.53. The molecule has 0 saturated heterocycles. The molecule has 0 saturated carbocycles. The third-order valence-corrected chi connectivity index (χ3v) is 7.53. The van der Waals surface area contributed by atoms with E-state index in [1.165, 1.54) is 12.1 Å². The fourth-order valence-electron chi connectivity index (χ4n) is 5.00. The monoisotopic (exact) mass is 654 g/mol. The zero-order valence-electron chi connectivity index (χ0n) is 24.3. The largest absolute Gasteiger partial charge is 0.441 e. The molecule has 0 fully saturated rings. The Kier molecular flexibility index (Phi) is 14.2. The Morgan fingerprint density at radius 1 is 0.605 bits per heavy atom. The quantitative estimate of drug-likeness (QED) is 0.103. The van der Waals surface area contributed by atoms with E-state index in [0.29, 0.717) is 25.7 Å². The van der Waals surface area contributed by atoms with Crippen molar-refractivity contribution in [2.24, 2.45) is 0 Å². The minimum absolute atomic E-state index is 0.0598. The number of carbonyl (C=O) groups is 2. The summed E-state index contributed by atoms with van der Waals surface area (Å²) in [6, 6.07) is 8.42. The normalized spacial score (nSPS) is 12.3. The van der Waals surface area contributed by atoms with Gasteiger partial charge >= 0.3 is 18.0 Å². The summed E-state index contributed by atoms with van der Waals surface area (Å²) in [5.41, 5.74) is -6.61. The van der Waals surface area contributed by atoms with Crippen molar-refractivity contribution in [3.63, 3.8) is 0 Å². The van der Waals surface area contributed by atoms with Gasteiger partial charge in [-0.05, 0) is 49.2 Å². The van der Waals surface area contributed by atoms with E-state index in [4.69, 9.17) is 23.2 Å². The number of rotatable bonds is 16.